The van der Waals surface area contributed by atoms with Gasteiger partial charge < -0.3 is 5.32 Å². The highest BCUT2D eigenvalue weighted by atomic mass is 35.5. The predicted molar refractivity (Wildman–Crippen MR) is 46.7 cm³/mol. The minimum Gasteiger partial charge on any atom is -0.316 e. The summed E-state index contributed by atoms with van der Waals surface area (Å²) in [6.45, 7) is 2.44. The first-order valence-electron chi connectivity index (χ1n) is 3.25. The maximum atomic E-state index is 4.17. The second-order valence-electron chi connectivity index (χ2n) is 2.37. The molecule has 0 unspecified atom stereocenters. The monoisotopic (exact) mass is 167 g/mol. The van der Waals surface area contributed by atoms with E-state index < -0.39 is 0 Å². The summed E-state index contributed by atoms with van der Waals surface area (Å²) in [5.74, 6) is 1.97. The summed E-state index contributed by atoms with van der Waals surface area (Å²) >= 11 is 4.17. The molecule has 0 aromatic carbocycles. The fraction of sp³-hybridized carbons (Fsp3) is 1.00. The fourth-order valence-corrected chi connectivity index (χ4v) is 1.51. The van der Waals surface area contributed by atoms with Crippen LogP contribution in [0.4, 0.5) is 0 Å². The van der Waals surface area contributed by atoms with Gasteiger partial charge in [-0.3, -0.25) is 0 Å². The Morgan fingerprint density at radius 2 is 2.33 bits per heavy atom. The van der Waals surface area contributed by atoms with Crippen LogP contribution in [0.2, 0.25) is 0 Å². The molecule has 1 aliphatic rings. The highest BCUT2D eigenvalue weighted by Crippen LogP contribution is 2.11. The summed E-state index contributed by atoms with van der Waals surface area (Å²) in [6, 6.07) is 0. The molecule has 0 bridgehead atoms. The summed E-state index contributed by atoms with van der Waals surface area (Å²) < 4.78 is 0. The molecule has 1 nitrogen and oxygen atoms in total. The maximum Gasteiger partial charge on any atom is -0.00197 e. The van der Waals surface area contributed by atoms with Crippen LogP contribution in [0.25, 0.3) is 0 Å². The van der Waals surface area contributed by atoms with Crippen LogP contribution >= 0.6 is 25.0 Å². The third-order valence-electron chi connectivity index (χ3n) is 1.70. The van der Waals surface area contributed by atoms with Crippen molar-refractivity contribution in [3.63, 3.8) is 0 Å². The van der Waals surface area contributed by atoms with Crippen LogP contribution in [-0.4, -0.2) is 18.8 Å². The molecule has 0 aromatic rings. The van der Waals surface area contributed by atoms with E-state index in [0.29, 0.717) is 0 Å². The van der Waals surface area contributed by atoms with Crippen LogP contribution < -0.4 is 5.32 Å². The molecular weight excluding hydrogens is 154 g/mol. The number of nitrogens with one attached hydrogen (secondary N) is 1. The van der Waals surface area contributed by atoms with Crippen LogP contribution in [0.5, 0.6) is 0 Å². The first-order chi connectivity index (χ1) is 3.93. The Morgan fingerprint density at radius 1 is 1.56 bits per heavy atom. The van der Waals surface area contributed by atoms with Crippen LogP contribution in [0.15, 0.2) is 0 Å². The molecule has 1 aliphatic heterocycles. The number of thiol groups is 1. The van der Waals surface area contributed by atoms with E-state index >= 15 is 0 Å². The van der Waals surface area contributed by atoms with E-state index in [1.165, 1.54) is 25.9 Å². The number of hydrogen-bond donors (Lipinski definition) is 2. The number of rotatable bonds is 2. The highest BCUT2D eigenvalue weighted by Gasteiger charge is 2.11. The summed E-state index contributed by atoms with van der Waals surface area (Å²) in [6.07, 6.45) is 2.65. The molecule has 0 aliphatic carbocycles. The minimum atomic E-state index is 0. The zero-order chi connectivity index (χ0) is 5.82. The van der Waals surface area contributed by atoms with Gasteiger partial charge in [-0.15, -0.1) is 12.4 Å². The zero-order valence-electron chi connectivity index (χ0n) is 5.47. The molecule has 1 heterocycles. The van der Waals surface area contributed by atoms with Crippen molar-refractivity contribution in [3.8, 4) is 0 Å². The van der Waals surface area contributed by atoms with Crippen molar-refractivity contribution in [1.82, 2.24) is 5.32 Å². The number of halogens is 1. The van der Waals surface area contributed by atoms with Crippen molar-refractivity contribution in [2.75, 3.05) is 18.8 Å². The second-order valence-corrected chi connectivity index (χ2v) is 2.82. The van der Waals surface area contributed by atoms with Crippen LogP contribution in [0, 0.1) is 5.92 Å². The molecule has 1 N–H and O–H groups in total. The quantitative estimate of drug-likeness (QED) is 0.592. The molecule has 0 amide bonds. The van der Waals surface area contributed by atoms with E-state index in [9.17, 15) is 0 Å². The van der Waals surface area contributed by atoms with Crippen LogP contribution in [0.3, 0.4) is 0 Å². The molecule has 1 fully saturated rings. The lowest BCUT2D eigenvalue weighted by Gasteiger charge is -2.02. The van der Waals surface area contributed by atoms with Gasteiger partial charge in [-0.25, -0.2) is 0 Å². The van der Waals surface area contributed by atoms with Gasteiger partial charge in [0.15, 0.2) is 0 Å². The van der Waals surface area contributed by atoms with Gasteiger partial charge in [0, 0.05) is 0 Å². The summed E-state index contributed by atoms with van der Waals surface area (Å²) in [4.78, 5) is 0. The molecule has 1 atom stereocenters. The molecule has 56 valence electrons. The molecular formula is C6H14ClNS. The van der Waals surface area contributed by atoms with E-state index in [1.54, 1.807) is 0 Å². The lowest BCUT2D eigenvalue weighted by Crippen LogP contribution is -2.08. The van der Waals surface area contributed by atoms with Gasteiger partial charge in [0.1, 0.15) is 0 Å². The van der Waals surface area contributed by atoms with Crippen molar-refractivity contribution < 1.29 is 0 Å². The molecule has 1 rings (SSSR count). The Morgan fingerprint density at radius 3 is 2.78 bits per heavy atom. The van der Waals surface area contributed by atoms with E-state index in [1.807, 2.05) is 0 Å². The largest absolute Gasteiger partial charge is 0.316 e. The first kappa shape index (κ1) is 9.60. The predicted octanol–water partition coefficient (Wildman–Crippen LogP) is 1.34. The molecule has 0 spiro atoms. The third-order valence-corrected chi connectivity index (χ3v) is 1.96. The smallest absolute Gasteiger partial charge is 0.00197 e. The lowest BCUT2D eigenvalue weighted by atomic mass is 10.1. The summed E-state index contributed by atoms with van der Waals surface area (Å²) in [7, 11) is 0. The van der Waals surface area contributed by atoms with E-state index in [4.69, 9.17) is 0 Å². The number of hydrogen-bond acceptors (Lipinski definition) is 2. The topological polar surface area (TPSA) is 12.0 Å². The van der Waals surface area contributed by atoms with E-state index in [2.05, 4.69) is 17.9 Å². The lowest BCUT2D eigenvalue weighted by molar-refractivity contribution is 0.568. The van der Waals surface area contributed by atoms with E-state index in [-0.39, 0.29) is 12.4 Å². The Bertz CT molecular complexity index is 64.1. The highest BCUT2D eigenvalue weighted by molar-refractivity contribution is 7.80. The van der Waals surface area contributed by atoms with Gasteiger partial charge in [-0.1, -0.05) is 0 Å². The van der Waals surface area contributed by atoms with Crippen molar-refractivity contribution in [3.05, 3.63) is 0 Å². The Balaban J connectivity index is 0.000000640. The van der Waals surface area contributed by atoms with Crippen LogP contribution in [-0.2, 0) is 0 Å². The van der Waals surface area contributed by atoms with Gasteiger partial charge in [0.2, 0.25) is 0 Å². The van der Waals surface area contributed by atoms with Crippen molar-refractivity contribution >= 4 is 25.0 Å². The Hall–Kier alpha value is 0.600. The Kier molecular flexibility index (Phi) is 5.75. The zero-order valence-corrected chi connectivity index (χ0v) is 7.18. The summed E-state index contributed by atoms with van der Waals surface area (Å²) in [5, 5.41) is 3.32. The average Bonchev–Trinajstić information content (AvgIpc) is 2.19. The standard InChI is InChI=1S/C6H13NS.ClH/c8-4-2-6-1-3-7-5-6;/h6-8H,1-5H2;1H/t6-;/m0./s1. The molecule has 9 heavy (non-hydrogen) atoms. The fourth-order valence-electron chi connectivity index (χ4n) is 1.14. The third kappa shape index (κ3) is 3.33. The van der Waals surface area contributed by atoms with Gasteiger partial charge in [0.25, 0.3) is 0 Å². The molecule has 0 radical (unpaired) electrons. The molecule has 3 heteroatoms. The van der Waals surface area contributed by atoms with Crippen molar-refractivity contribution in [2.24, 2.45) is 5.92 Å². The Labute approximate surface area is 68.4 Å². The minimum absolute atomic E-state index is 0. The van der Waals surface area contributed by atoms with Gasteiger partial charge in [-0.2, -0.15) is 12.6 Å². The van der Waals surface area contributed by atoms with Crippen LogP contribution in [0.1, 0.15) is 12.8 Å². The van der Waals surface area contributed by atoms with Crippen molar-refractivity contribution in [2.45, 2.75) is 12.8 Å². The van der Waals surface area contributed by atoms with E-state index in [0.717, 1.165) is 11.7 Å². The maximum absolute atomic E-state index is 4.17. The van der Waals surface area contributed by atoms with Gasteiger partial charge in [-0.05, 0) is 37.6 Å². The molecule has 0 saturated carbocycles. The first-order valence-corrected chi connectivity index (χ1v) is 3.88. The average molecular weight is 168 g/mol. The normalized spacial score (nSPS) is 25.7. The van der Waals surface area contributed by atoms with Gasteiger partial charge in [0.05, 0.1) is 0 Å². The molecule has 0 aromatic heterocycles. The van der Waals surface area contributed by atoms with Crippen molar-refractivity contribution in [1.29, 1.82) is 0 Å². The van der Waals surface area contributed by atoms with Gasteiger partial charge >= 0.3 is 0 Å². The summed E-state index contributed by atoms with van der Waals surface area (Å²) in [5.41, 5.74) is 0. The SMILES string of the molecule is Cl.SCC[C@@H]1CCNC1. The second kappa shape index (κ2) is 5.39. The molecule has 1 saturated heterocycles.